The minimum atomic E-state index is -0.445. The van der Waals surface area contributed by atoms with Crippen LogP contribution in [0.15, 0.2) is 40.5 Å². The molecule has 1 heterocycles. The SMILES string of the molecule is CC(=O)C1=C(O)/C(=C/c2ccc(O)cc2)SC1=O. The lowest BCUT2D eigenvalue weighted by Gasteiger charge is -1.98. The summed E-state index contributed by atoms with van der Waals surface area (Å²) in [6.07, 6.45) is 1.59. The summed E-state index contributed by atoms with van der Waals surface area (Å²) in [7, 11) is 0. The first kappa shape index (κ1) is 12.4. The number of aromatic hydroxyl groups is 1. The van der Waals surface area contributed by atoms with Crippen LogP contribution in [0.5, 0.6) is 5.75 Å². The molecule has 0 aliphatic carbocycles. The van der Waals surface area contributed by atoms with E-state index in [1.54, 1.807) is 18.2 Å². The third-order valence-electron chi connectivity index (χ3n) is 2.42. The number of benzene rings is 1. The van der Waals surface area contributed by atoms with Crippen LogP contribution in [0.4, 0.5) is 0 Å². The Labute approximate surface area is 108 Å². The van der Waals surface area contributed by atoms with E-state index in [4.69, 9.17) is 5.11 Å². The summed E-state index contributed by atoms with van der Waals surface area (Å²) in [6, 6.07) is 6.29. The first-order valence-electron chi connectivity index (χ1n) is 5.16. The van der Waals surface area contributed by atoms with Gasteiger partial charge >= 0.3 is 0 Å². The molecule has 0 atom stereocenters. The van der Waals surface area contributed by atoms with E-state index in [0.29, 0.717) is 4.91 Å². The smallest absolute Gasteiger partial charge is 0.231 e. The van der Waals surface area contributed by atoms with Gasteiger partial charge in [-0.15, -0.1) is 0 Å². The highest BCUT2D eigenvalue weighted by molar-refractivity contribution is 8.18. The van der Waals surface area contributed by atoms with Gasteiger partial charge in [-0.2, -0.15) is 0 Å². The highest BCUT2D eigenvalue weighted by Gasteiger charge is 2.31. The van der Waals surface area contributed by atoms with Gasteiger partial charge in [-0.25, -0.2) is 0 Å². The van der Waals surface area contributed by atoms with Gasteiger partial charge in [-0.05, 0) is 42.5 Å². The predicted molar refractivity (Wildman–Crippen MR) is 69.0 cm³/mol. The highest BCUT2D eigenvalue weighted by atomic mass is 32.2. The zero-order valence-electron chi connectivity index (χ0n) is 9.51. The maximum absolute atomic E-state index is 11.5. The number of carbonyl (C=O) groups is 2. The quantitative estimate of drug-likeness (QED) is 0.800. The summed E-state index contributed by atoms with van der Waals surface area (Å²) >= 11 is 0.824. The number of ketones is 1. The molecule has 0 spiro atoms. The van der Waals surface area contributed by atoms with E-state index >= 15 is 0 Å². The Bertz CT molecular complexity index is 582. The van der Waals surface area contributed by atoms with Gasteiger partial charge in [-0.3, -0.25) is 9.59 Å². The maximum atomic E-state index is 11.5. The van der Waals surface area contributed by atoms with Crippen molar-refractivity contribution >= 4 is 28.7 Å². The van der Waals surface area contributed by atoms with Crippen molar-refractivity contribution in [1.82, 2.24) is 0 Å². The fourth-order valence-corrected chi connectivity index (χ4v) is 2.49. The predicted octanol–water partition coefficient (Wildman–Crippen LogP) is 2.41. The van der Waals surface area contributed by atoms with Crippen LogP contribution in [-0.4, -0.2) is 21.1 Å². The van der Waals surface area contributed by atoms with E-state index in [2.05, 4.69) is 0 Å². The van der Waals surface area contributed by atoms with Gasteiger partial charge in [0.15, 0.2) is 5.78 Å². The summed E-state index contributed by atoms with van der Waals surface area (Å²) in [6.45, 7) is 1.24. The molecule has 1 aromatic rings. The standard InChI is InChI=1S/C13H10O4S/c1-7(14)11-12(16)10(18-13(11)17)6-8-2-4-9(15)5-3-8/h2-6,15-16H,1H3/b10-6-. The van der Waals surface area contributed by atoms with Crippen molar-refractivity contribution in [2.75, 3.05) is 0 Å². The Morgan fingerprint density at radius 3 is 2.33 bits per heavy atom. The maximum Gasteiger partial charge on any atom is 0.231 e. The summed E-state index contributed by atoms with van der Waals surface area (Å²) < 4.78 is 0. The molecule has 0 fully saturated rings. The Hall–Kier alpha value is -2.01. The van der Waals surface area contributed by atoms with Crippen LogP contribution in [0, 0.1) is 0 Å². The molecule has 5 heteroatoms. The minimum absolute atomic E-state index is 0.136. The lowest BCUT2D eigenvalue weighted by molar-refractivity contribution is -0.116. The van der Waals surface area contributed by atoms with Crippen LogP contribution in [-0.2, 0) is 9.59 Å². The number of hydrogen-bond acceptors (Lipinski definition) is 5. The molecule has 0 saturated carbocycles. The molecule has 0 unspecified atom stereocenters. The van der Waals surface area contributed by atoms with Crippen molar-refractivity contribution in [2.45, 2.75) is 6.92 Å². The fourth-order valence-electron chi connectivity index (χ4n) is 1.55. The van der Waals surface area contributed by atoms with Crippen LogP contribution >= 0.6 is 11.8 Å². The minimum Gasteiger partial charge on any atom is -0.508 e. The average molecular weight is 262 g/mol. The first-order chi connectivity index (χ1) is 8.49. The molecule has 0 bridgehead atoms. The summed E-state index contributed by atoms with van der Waals surface area (Å²) in [5, 5.41) is 18.5. The van der Waals surface area contributed by atoms with E-state index in [9.17, 15) is 14.7 Å². The lowest BCUT2D eigenvalue weighted by atomic mass is 10.1. The number of aliphatic hydroxyl groups is 1. The van der Waals surface area contributed by atoms with E-state index in [0.717, 1.165) is 17.3 Å². The molecule has 4 nitrogen and oxygen atoms in total. The molecule has 1 aliphatic heterocycles. The number of carbonyl (C=O) groups excluding carboxylic acids is 2. The molecule has 0 amide bonds. The van der Waals surface area contributed by atoms with Crippen molar-refractivity contribution in [1.29, 1.82) is 0 Å². The van der Waals surface area contributed by atoms with E-state index < -0.39 is 10.9 Å². The van der Waals surface area contributed by atoms with Crippen molar-refractivity contribution in [3.63, 3.8) is 0 Å². The van der Waals surface area contributed by atoms with E-state index in [1.165, 1.54) is 19.1 Å². The van der Waals surface area contributed by atoms with E-state index in [-0.39, 0.29) is 17.1 Å². The van der Waals surface area contributed by atoms with Crippen LogP contribution < -0.4 is 0 Å². The molecule has 2 N–H and O–H groups in total. The molecule has 92 valence electrons. The summed E-state index contributed by atoms with van der Waals surface area (Å²) in [5.41, 5.74) is 0.560. The second-order valence-electron chi connectivity index (χ2n) is 3.77. The number of Topliss-reactive ketones (excluding diaryl/α,β-unsaturated/α-hetero) is 1. The molecule has 2 rings (SSSR count). The van der Waals surface area contributed by atoms with Crippen molar-refractivity contribution in [2.24, 2.45) is 0 Å². The van der Waals surface area contributed by atoms with Crippen LogP contribution in [0.25, 0.3) is 6.08 Å². The number of phenols is 1. The highest BCUT2D eigenvalue weighted by Crippen LogP contribution is 2.37. The Kier molecular flexibility index (Phi) is 3.25. The average Bonchev–Trinajstić information content (AvgIpc) is 2.57. The van der Waals surface area contributed by atoms with Gasteiger partial charge in [0.25, 0.3) is 0 Å². The molecule has 0 saturated heterocycles. The Morgan fingerprint density at radius 2 is 1.83 bits per heavy atom. The van der Waals surface area contributed by atoms with Gasteiger partial charge in [0.05, 0.1) is 4.91 Å². The first-order valence-corrected chi connectivity index (χ1v) is 5.98. The number of rotatable bonds is 2. The molecular formula is C13H10O4S. The van der Waals surface area contributed by atoms with E-state index in [1.807, 2.05) is 0 Å². The summed E-state index contributed by atoms with van der Waals surface area (Å²) in [5.74, 6) is -0.582. The third-order valence-corrected chi connectivity index (χ3v) is 3.34. The monoisotopic (exact) mass is 262 g/mol. The van der Waals surface area contributed by atoms with Crippen molar-refractivity contribution in [3.05, 3.63) is 46.1 Å². The molecule has 1 aromatic carbocycles. The van der Waals surface area contributed by atoms with Crippen LogP contribution in [0.2, 0.25) is 0 Å². The number of aliphatic hydroxyl groups excluding tert-OH is 1. The van der Waals surface area contributed by atoms with Gasteiger partial charge in [0, 0.05) is 0 Å². The Morgan fingerprint density at radius 1 is 1.22 bits per heavy atom. The number of phenolic OH excluding ortho intramolecular Hbond substituents is 1. The van der Waals surface area contributed by atoms with Crippen molar-refractivity contribution in [3.8, 4) is 5.75 Å². The normalized spacial score (nSPS) is 17.6. The van der Waals surface area contributed by atoms with Gasteiger partial charge in [0.1, 0.15) is 17.1 Å². The summed E-state index contributed by atoms with van der Waals surface area (Å²) in [4.78, 5) is 23.1. The molecular weight excluding hydrogens is 252 g/mol. The van der Waals surface area contributed by atoms with Crippen LogP contribution in [0.3, 0.4) is 0 Å². The number of thioether (sulfide) groups is 1. The topological polar surface area (TPSA) is 74.6 Å². The zero-order chi connectivity index (χ0) is 13.3. The van der Waals surface area contributed by atoms with Gasteiger partial charge in [0.2, 0.25) is 5.12 Å². The molecule has 18 heavy (non-hydrogen) atoms. The zero-order valence-corrected chi connectivity index (χ0v) is 10.3. The molecule has 0 radical (unpaired) electrons. The van der Waals surface area contributed by atoms with Gasteiger partial charge < -0.3 is 10.2 Å². The van der Waals surface area contributed by atoms with Crippen LogP contribution in [0.1, 0.15) is 12.5 Å². The van der Waals surface area contributed by atoms with Gasteiger partial charge in [-0.1, -0.05) is 12.1 Å². The molecule has 0 aromatic heterocycles. The second-order valence-corrected chi connectivity index (χ2v) is 4.78. The molecule has 1 aliphatic rings. The largest absolute Gasteiger partial charge is 0.508 e. The Balaban J connectivity index is 2.39. The fraction of sp³-hybridized carbons (Fsp3) is 0.0769. The van der Waals surface area contributed by atoms with Crippen molar-refractivity contribution < 1.29 is 19.8 Å². The number of hydrogen-bond donors (Lipinski definition) is 2. The third kappa shape index (κ3) is 2.31. The second kappa shape index (κ2) is 4.70. The lowest BCUT2D eigenvalue weighted by Crippen LogP contribution is -2.03.